The quantitative estimate of drug-likeness (QED) is 0.137. The molecule has 0 spiro atoms. The Labute approximate surface area is 671 Å². The number of rotatable bonds is 10. The van der Waals surface area contributed by atoms with E-state index in [-0.39, 0.29) is 10.8 Å². The van der Waals surface area contributed by atoms with E-state index in [1.54, 1.807) is 0 Å². The molecule has 6 nitrogen and oxygen atoms in total. The maximum absolute atomic E-state index is 6.67. The minimum Gasteiger partial charge on any atom is -0.456 e. The van der Waals surface area contributed by atoms with Crippen LogP contribution < -0.4 is 9.80 Å². The van der Waals surface area contributed by atoms with Crippen LogP contribution in [-0.4, -0.2) is 9.13 Å². The molecule has 0 bridgehead atoms. The molecule has 24 rings (SSSR count). The first-order valence-electron chi connectivity index (χ1n) is 40.2. The fourth-order valence-corrected chi connectivity index (χ4v) is 19.4. The first kappa shape index (κ1) is 67.0. The molecule has 548 valence electrons. The van der Waals surface area contributed by atoms with Gasteiger partial charge in [0.1, 0.15) is 16.7 Å². The maximum atomic E-state index is 6.67. The van der Waals surface area contributed by atoms with E-state index in [9.17, 15) is 0 Å². The fourth-order valence-electron chi connectivity index (χ4n) is 19.4. The van der Waals surface area contributed by atoms with Gasteiger partial charge in [0, 0.05) is 93.7 Å². The summed E-state index contributed by atoms with van der Waals surface area (Å²) in [6.45, 7) is 9.38. The van der Waals surface area contributed by atoms with Crippen LogP contribution in [0.1, 0.15) is 49.9 Å². The molecule has 2 aliphatic rings. The van der Waals surface area contributed by atoms with E-state index >= 15 is 0 Å². The van der Waals surface area contributed by atoms with Gasteiger partial charge < -0.3 is 27.8 Å². The normalized spacial score (nSPS) is 13.1. The molecular weight excluding hydrogens is 1410 g/mol. The van der Waals surface area contributed by atoms with Crippen LogP contribution in [0.3, 0.4) is 0 Å². The van der Waals surface area contributed by atoms with Gasteiger partial charge in [0.15, 0.2) is 5.58 Å². The molecule has 0 radical (unpaired) electrons. The zero-order valence-electron chi connectivity index (χ0n) is 64.6. The highest BCUT2D eigenvalue weighted by Crippen LogP contribution is 2.54. The van der Waals surface area contributed by atoms with Crippen molar-refractivity contribution in [2.75, 3.05) is 9.80 Å². The van der Waals surface area contributed by atoms with E-state index in [4.69, 9.17) is 8.83 Å². The van der Waals surface area contributed by atoms with Crippen molar-refractivity contribution in [2.45, 2.75) is 38.5 Å². The molecule has 2 aliphatic carbocycles. The average molecular weight is 1490 g/mol. The molecule has 4 aromatic heterocycles. The summed E-state index contributed by atoms with van der Waals surface area (Å²) in [6, 6.07) is 141. The molecule has 0 saturated carbocycles. The second-order valence-electron chi connectivity index (χ2n) is 32.3. The standard InChI is InChI=1S/2C55H38N2O/c1-55(2)48-18-8-5-14-42(48)43-30-29-41(34-49(43)55)56(52-20-11-17-46-45-16-7-10-21-53(45)58-54(46)52)39-26-22-36(23-27-39)38-25-31-51-47(33-38)44-15-6-9-19-50(44)57(51)40-28-24-35-12-3-4-13-37(35)32-40;1-55(2)49-16-8-5-13-43(49)44-28-26-42(34-50(44)55)56(41-27-30-54-48(33-41)46-15-7-10-18-53(46)58-54)39-23-19-36(20-24-39)38-22-29-52-47(32-38)45-14-6-9-17-51(45)57(52)40-25-21-35-11-3-4-12-37(35)31-40/h2*3-34H,1-2H3. The Balaban J connectivity index is 0.000000137. The largest absolute Gasteiger partial charge is 0.456 e. The van der Waals surface area contributed by atoms with E-state index in [1.165, 1.54) is 143 Å². The van der Waals surface area contributed by atoms with Gasteiger partial charge in [-0.3, -0.25) is 0 Å². The van der Waals surface area contributed by atoms with Gasteiger partial charge in [-0.25, -0.2) is 0 Å². The number of benzene rings is 18. The van der Waals surface area contributed by atoms with Crippen molar-refractivity contribution in [2.24, 2.45) is 0 Å². The van der Waals surface area contributed by atoms with E-state index in [1.807, 2.05) is 18.2 Å². The van der Waals surface area contributed by atoms with E-state index < -0.39 is 0 Å². The average Bonchev–Trinajstić information content (AvgIpc) is 1.59. The summed E-state index contributed by atoms with van der Waals surface area (Å²) in [5, 5.41) is 14.4. The highest BCUT2D eigenvalue weighted by Gasteiger charge is 2.38. The molecule has 0 N–H and O–H groups in total. The van der Waals surface area contributed by atoms with Crippen LogP contribution in [0.2, 0.25) is 0 Å². The summed E-state index contributed by atoms with van der Waals surface area (Å²) in [4.78, 5) is 4.76. The summed E-state index contributed by atoms with van der Waals surface area (Å²) < 4.78 is 17.7. The Morgan fingerprint density at radius 2 is 0.612 bits per heavy atom. The second kappa shape index (κ2) is 25.9. The highest BCUT2D eigenvalue weighted by molar-refractivity contribution is 6.14. The smallest absolute Gasteiger partial charge is 0.159 e. The Morgan fingerprint density at radius 3 is 1.16 bits per heavy atom. The maximum Gasteiger partial charge on any atom is 0.159 e. The number of hydrogen-bond acceptors (Lipinski definition) is 4. The lowest BCUT2D eigenvalue weighted by Gasteiger charge is -2.28. The van der Waals surface area contributed by atoms with Gasteiger partial charge in [0.25, 0.3) is 0 Å². The summed E-state index contributed by atoms with van der Waals surface area (Å²) in [5.41, 5.74) is 32.4. The van der Waals surface area contributed by atoms with E-state index in [2.05, 4.69) is 417 Å². The minimum absolute atomic E-state index is 0.113. The first-order chi connectivity index (χ1) is 57.0. The molecule has 0 amide bonds. The molecule has 0 aliphatic heterocycles. The molecule has 22 aromatic rings. The van der Waals surface area contributed by atoms with Crippen LogP contribution in [-0.2, 0) is 10.8 Å². The predicted molar refractivity (Wildman–Crippen MR) is 486 cm³/mol. The van der Waals surface area contributed by atoms with Crippen molar-refractivity contribution in [1.29, 1.82) is 0 Å². The molecule has 0 fully saturated rings. The van der Waals surface area contributed by atoms with Crippen molar-refractivity contribution < 1.29 is 8.83 Å². The van der Waals surface area contributed by atoms with Crippen LogP contribution in [0.25, 0.3) is 165 Å². The summed E-state index contributed by atoms with van der Waals surface area (Å²) >= 11 is 0. The highest BCUT2D eigenvalue weighted by atomic mass is 16.3. The van der Waals surface area contributed by atoms with E-state index in [0.717, 1.165) is 78.0 Å². The Bertz CT molecular complexity index is 7780. The molecule has 116 heavy (non-hydrogen) atoms. The van der Waals surface area contributed by atoms with Gasteiger partial charge >= 0.3 is 0 Å². The number of aromatic nitrogens is 2. The van der Waals surface area contributed by atoms with Crippen molar-refractivity contribution in [1.82, 2.24) is 9.13 Å². The first-order valence-corrected chi connectivity index (χ1v) is 40.2. The number of hydrogen-bond donors (Lipinski definition) is 0. The van der Waals surface area contributed by atoms with Gasteiger partial charge in [-0.05, 0) is 234 Å². The predicted octanol–water partition coefficient (Wildman–Crippen LogP) is 30.6. The monoisotopic (exact) mass is 1480 g/mol. The second-order valence-corrected chi connectivity index (χ2v) is 32.3. The third-order valence-corrected chi connectivity index (χ3v) is 25.1. The van der Waals surface area contributed by atoms with Crippen molar-refractivity contribution >= 4 is 143 Å². The fraction of sp³-hybridized carbons (Fsp3) is 0.0545. The van der Waals surface area contributed by atoms with Gasteiger partial charge in [-0.2, -0.15) is 0 Å². The van der Waals surface area contributed by atoms with Crippen LogP contribution in [0.5, 0.6) is 0 Å². The molecule has 0 atom stereocenters. The Hall–Kier alpha value is -14.7. The third kappa shape index (κ3) is 10.5. The van der Waals surface area contributed by atoms with Crippen LogP contribution in [0, 0.1) is 0 Å². The molecule has 0 unspecified atom stereocenters. The SMILES string of the molecule is CC1(C)c2ccccc2-c2ccc(N(c3ccc(-c4ccc5c(c4)c4ccccc4n5-c4ccc5ccccc5c4)cc3)c3ccc4oc5ccccc5c4c3)cc21.CC1(C)c2ccccc2-c2ccc(N(c3ccc(-c4ccc5c(c4)c4ccccc4n5-c4ccc5ccccc5c4)cc3)c3cccc4c3oc3ccccc34)cc21. The van der Waals surface area contributed by atoms with Gasteiger partial charge in [0.05, 0.1) is 27.8 Å². The number of fused-ring (bicyclic) bond motifs is 20. The zero-order chi connectivity index (χ0) is 77.1. The minimum atomic E-state index is -0.126. The molecule has 18 aromatic carbocycles. The Morgan fingerprint density at radius 1 is 0.224 bits per heavy atom. The van der Waals surface area contributed by atoms with Crippen molar-refractivity contribution in [3.8, 4) is 55.9 Å². The molecular formula is C110H76N4O2. The van der Waals surface area contributed by atoms with Crippen LogP contribution >= 0.6 is 0 Å². The number of anilines is 6. The molecule has 6 heteroatoms. The van der Waals surface area contributed by atoms with Crippen molar-refractivity contribution in [3.63, 3.8) is 0 Å². The topological polar surface area (TPSA) is 42.6 Å². The Kier molecular flexibility index (Phi) is 15.0. The summed E-state index contributed by atoms with van der Waals surface area (Å²) in [5.74, 6) is 0. The summed E-state index contributed by atoms with van der Waals surface area (Å²) in [7, 11) is 0. The molecule has 0 saturated heterocycles. The van der Waals surface area contributed by atoms with Gasteiger partial charge in [-0.1, -0.05) is 270 Å². The van der Waals surface area contributed by atoms with Crippen LogP contribution in [0.4, 0.5) is 34.1 Å². The van der Waals surface area contributed by atoms with E-state index in [0.29, 0.717) is 0 Å². The van der Waals surface area contributed by atoms with Crippen LogP contribution in [0.15, 0.2) is 397 Å². The number of nitrogens with zero attached hydrogens (tertiary/aromatic N) is 4. The lowest BCUT2D eigenvalue weighted by Crippen LogP contribution is -2.16. The summed E-state index contributed by atoms with van der Waals surface area (Å²) in [6.07, 6.45) is 0. The number of para-hydroxylation sites is 5. The third-order valence-electron chi connectivity index (χ3n) is 25.1. The molecule has 4 heterocycles. The van der Waals surface area contributed by atoms with Gasteiger partial charge in [-0.15, -0.1) is 0 Å². The lowest BCUT2D eigenvalue weighted by molar-refractivity contribution is 0.660. The van der Waals surface area contributed by atoms with Gasteiger partial charge in [0.2, 0.25) is 0 Å². The van der Waals surface area contributed by atoms with Crippen molar-refractivity contribution in [3.05, 3.63) is 411 Å². The zero-order valence-corrected chi connectivity index (χ0v) is 64.6. The number of furan rings is 2. The lowest BCUT2D eigenvalue weighted by atomic mass is 9.82.